The Labute approximate surface area is 126 Å². The minimum Gasteiger partial charge on any atom is -0.394 e. The van der Waals surface area contributed by atoms with Crippen LogP contribution in [0.1, 0.15) is 5.56 Å². The molecule has 0 unspecified atom stereocenters. The molecule has 108 valence electrons. The number of aliphatic hydroxyl groups is 1. The molecule has 1 aromatic heterocycles. The molecule has 21 heavy (non-hydrogen) atoms. The van der Waals surface area contributed by atoms with Crippen LogP contribution < -0.4 is 10.6 Å². The largest absolute Gasteiger partial charge is 0.394 e. The Balaban J connectivity index is 2.44. The number of nitrogens with one attached hydrogen (secondary N) is 2. The summed E-state index contributed by atoms with van der Waals surface area (Å²) in [6.45, 7) is -0.387. The molecule has 2 rings (SSSR count). The molecule has 1 aromatic carbocycles. The summed E-state index contributed by atoms with van der Waals surface area (Å²) in [6.07, 6.45) is 0. The summed E-state index contributed by atoms with van der Waals surface area (Å²) in [6, 6.07) is 7.78. The molecule has 2 aromatic rings. The van der Waals surface area contributed by atoms with Crippen LogP contribution in [-0.2, 0) is 4.79 Å². The zero-order valence-electron chi connectivity index (χ0n) is 11.2. The van der Waals surface area contributed by atoms with Crippen molar-refractivity contribution in [1.29, 1.82) is 5.26 Å². The third-order valence-electron chi connectivity index (χ3n) is 2.96. The van der Waals surface area contributed by atoms with Gasteiger partial charge in [-0.1, -0.05) is 11.6 Å². The van der Waals surface area contributed by atoms with E-state index < -0.39 is 6.04 Å². The number of nitriles is 1. The van der Waals surface area contributed by atoms with E-state index in [1.165, 1.54) is 13.1 Å². The molecular formula is C14H13ClN4O2. The van der Waals surface area contributed by atoms with E-state index in [-0.39, 0.29) is 12.5 Å². The highest BCUT2D eigenvalue weighted by Crippen LogP contribution is 2.24. The zero-order valence-corrected chi connectivity index (χ0v) is 12.0. The number of pyridine rings is 1. The van der Waals surface area contributed by atoms with Crippen molar-refractivity contribution in [3.8, 4) is 6.07 Å². The molecule has 0 saturated heterocycles. The molecular weight excluding hydrogens is 292 g/mol. The van der Waals surface area contributed by atoms with Gasteiger partial charge in [-0.15, -0.1) is 0 Å². The van der Waals surface area contributed by atoms with Crippen molar-refractivity contribution in [2.75, 3.05) is 19.0 Å². The minimum atomic E-state index is -0.834. The first-order valence-electron chi connectivity index (χ1n) is 6.18. The predicted octanol–water partition coefficient (Wildman–Crippen LogP) is 1.28. The summed E-state index contributed by atoms with van der Waals surface area (Å²) in [5.74, 6) is -0.0296. The Morgan fingerprint density at radius 2 is 2.29 bits per heavy atom. The van der Waals surface area contributed by atoms with Gasteiger partial charge < -0.3 is 15.7 Å². The van der Waals surface area contributed by atoms with Gasteiger partial charge in [-0.25, -0.2) is 4.98 Å². The maximum atomic E-state index is 11.6. The lowest BCUT2D eigenvalue weighted by atomic mass is 10.1. The Hall–Kier alpha value is -2.36. The second kappa shape index (κ2) is 6.39. The second-order valence-corrected chi connectivity index (χ2v) is 4.76. The predicted molar refractivity (Wildman–Crippen MR) is 80.0 cm³/mol. The summed E-state index contributed by atoms with van der Waals surface area (Å²) in [5.41, 5.74) is 0.966. The number of likely N-dealkylation sites (N-methyl/N-ethyl adjacent to an activating group) is 1. The molecule has 0 spiro atoms. The number of amides is 1. The molecule has 1 heterocycles. The van der Waals surface area contributed by atoms with Gasteiger partial charge >= 0.3 is 0 Å². The van der Waals surface area contributed by atoms with Crippen LogP contribution in [0.25, 0.3) is 10.9 Å². The number of rotatable bonds is 4. The monoisotopic (exact) mass is 304 g/mol. The van der Waals surface area contributed by atoms with Crippen LogP contribution in [0.2, 0.25) is 5.02 Å². The van der Waals surface area contributed by atoms with Gasteiger partial charge in [0.2, 0.25) is 5.91 Å². The Bertz CT molecular complexity index is 727. The van der Waals surface area contributed by atoms with Crippen molar-refractivity contribution in [3.63, 3.8) is 0 Å². The van der Waals surface area contributed by atoms with Gasteiger partial charge in [0.25, 0.3) is 0 Å². The molecule has 6 nitrogen and oxygen atoms in total. The van der Waals surface area contributed by atoms with Gasteiger partial charge in [0.15, 0.2) is 0 Å². The third-order valence-corrected chi connectivity index (χ3v) is 3.19. The van der Waals surface area contributed by atoms with Gasteiger partial charge in [0.05, 0.1) is 23.8 Å². The molecule has 1 atom stereocenters. The van der Waals surface area contributed by atoms with Gasteiger partial charge in [0.1, 0.15) is 11.9 Å². The Morgan fingerprint density at radius 3 is 2.90 bits per heavy atom. The number of hydrogen-bond acceptors (Lipinski definition) is 5. The standard InChI is InChI=1S/C14H13ClN4O2/c1-17-14(21)12(7-20)19-13-4-8(6-16)10-5-9(15)2-3-11(10)18-13/h2-5,12,20H,7H2,1H3,(H,17,21)(H,18,19)/t12-/m0/s1. The lowest BCUT2D eigenvalue weighted by Crippen LogP contribution is -2.40. The molecule has 0 aliphatic carbocycles. The van der Waals surface area contributed by atoms with E-state index in [0.717, 1.165) is 0 Å². The summed E-state index contributed by atoms with van der Waals surface area (Å²) < 4.78 is 0. The van der Waals surface area contributed by atoms with Crippen LogP contribution in [0.5, 0.6) is 0 Å². The van der Waals surface area contributed by atoms with E-state index in [1.807, 2.05) is 0 Å². The fourth-order valence-corrected chi connectivity index (χ4v) is 2.08. The maximum absolute atomic E-state index is 11.6. The van der Waals surface area contributed by atoms with Crippen molar-refractivity contribution in [3.05, 3.63) is 34.9 Å². The van der Waals surface area contributed by atoms with Crippen molar-refractivity contribution < 1.29 is 9.90 Å². The smallest absolute Gasteiger partial charge is 0.244 e. The Kier molecular flexibility index (Phi) is 4.58. The number of anilines is 1. The number of nitrogens with zero attached hydrogens (tertiary/aromatic N) is 2. The number of aromatic nitrogens is 1. The first-order valence-corrected chi connectivity index (χ1v) is 6.56. The van der Waals surface area contributed by atoms with Crippen LogP contribution in [0, 0.1) is 11.3 Å². The summed E-state index contributed by atoms with van der Waals surface area (Å²) >= 11 is 5.92. The molecule has 0 bridgehead atoms. The molecule has 1 amide bonds. The fraction of sp³-hybridized carbons (Fsp3) is 0.214. The number of carbonyl (C=O) groups excluding carboxylic acids is 1. The lowest BCUT2D eigenvalue weighted by Gasteiger charge is -2.16. The molecule has 3 N–H and O–H groups in total. The van der Waals surface area contributed by atoms with E-state index in [2.05, 4.69) is 21.7 Å². The first kappa shape index (κ1) is 15.0. The summed E-state index contributed by atoms with van der Waals surface area (Å²) in [4.78, 5) is 15.9. The van der Waals surface area contributed by atoms with E-state index in [1.54, 1.807) is 18.2 Å². The van der Waals surface area contributed by atoms with Crippen LogP contribution in [0.15, 0.2) is 24.3 Å². The number of benzene rings is 1. The van der Waals surface area contributed by atoms with Crippen molar-refractivity contribution in [1.82, 2.24) is 10.3 Å². The first-order chi connectivity index (χ1) is 10.1. The maximum Gasteiger partial charge on any atom is 0.244 e. The fourth-order valence-electron chi connectivity index (χ4n) is 1.91. The lowest BCUT2D eigenvalue weighted by molar-refractivity contribution is -0.122. The van der Waals surface area contributed by atoms with E-state index in [9.17, 15) is 15.2 Å². The second-order valence-electron chi connectivity index (χ2n) is 4.32. The van der Waals surface area contributed by atoms with Crippen LogP contribution in [-0.4, -0.2) is 35.7 Å². The average molecular weight is 305 g/mol. The van der Waals surface area contributed by atoms with Gasteiger partial charge in [0, 0.05) is 17.5 Å². The number of fused-ring (bicyclic) bond motifs is 1. The number of hydrogen-bond donors (Lipinski definition) is 3. The highest BCUT2D eigenvalue weighted by atomic mass is 35.5. The number of halogens is 1. The molecule has 0 radical (unpaired) electrons. The SMILES string of the molecule is CNC(=O)[C@H](CO)Nc1cc(C#N)c2cc(Cl)ccc2n1. The molecule has 7 heteroatoms. The zero-order chi connectivity index (χ0) is 15.4. The summed E-state index contributed by atoms with van der Waals surface area (Å²) in [7, 11) is 1.48. The van der Waals surface area contributed by atoms with Crippen molar-refractivity contribution in [2.45, 2.75) is 6.04 Å². The van der Waals surface area contributed by atoms with E-state index in [4.69, 9.17) is 11.6 Å². The molecule has 0 aliphatic heterocycles. The normalized spacial score (nSPS) is 11.7. The highest BCUT2D eigenvalue weighted by Gasteiger charge is 2.17. The topological polar surface area (TPSA) is 98.0 Å². The average Bonchev–Trinajstić information content (AvgIpc) is 2.51. The van der Waals surface area contributed by atoms with Crippen LogP contribution >= 0.6 is 11.6 Å². The summed E-state index contributed by atoms with van der Waals surface area (Å²) in [5, 5.41) is 24.8. The van der Waals surface area contributed by atoms with E-state index in [0.29, 0.717) is 27.3 Å². The van der Waals surface area contributed by atoms with Gasteiger partial charge in [-0.2, -0.15) is 5.26 Å². The Morgan fingerprint density at radius 1 is 1.52 bits per heavy atom. The van der Waals surface area contributed by atoms with Gasteiger partial charge in [-0.05, 0) is 24.3 Å². The van der Waals surface area contributed by atoms with Crippen molar-refractivity contribution in [2.24, 2.45) is 0 Å². The quantitative estimate of drug-likeness (QED) is 0.790. The minimum absolute atomic E-state index is 0.337. The molecule has 0 saturated carbocycles. The van der Waals surface area contributed by atoms with Crippen molar-refractivity contribution >= 4 is 34.2 Å². The van der Waals surface area contributed by atoms with Crippen LogP contribution in [0.3, 0.4) is 0 Å². The molecule has 0 fully saturated rings. The molecule has 0 aliphatic rings. The number of carbonyl (C=O) groups is 1. The van der Waals surface area contributed by atoms with E-state index >= 15 is 0 Å². The van der Waals surface area contributed by atoms with Gasteiger partial charge in [-0.3, -0.25) is 4.79 Å². The van der Waals surface area contributed by atoms with Crippen LogP contribution in [0.4, 0.5) is 5.82 Å². The third kappa shape index (κ3) is 3.21. The highest BCUT2D eigenvalue weighted by molar-refractivity contribution is 6.31. The number of aliphatic hydroxyl groups excluding tert-OH is 1.